The first-order chi connectivity index (χ1) is 8.51. The Labute approximate surface area is 110 Å². The van der Waals surface area contributed by atoms with E-state index in [2.05, 4.69) is 14.3 Å². The molecule has 0 fully saturated rings. The zero-order valence-electron chi connectivity index (χ0n) is 11.0. The standard InChI is InChI=1S/C11H17N3O3S/c1-5-8-9(18-13-12-8)10(15)14(3)6-7(2)11(16)17-4/h7H,5-6H2,1-4H3. The van der Waals surface area contributed by atoms with Crippen molar-refractivity contribution in [3.8, 4) is 0 Å². The smallest absolute Gasteiger partial charge is 0.310 e. The van der Waals surface area contributed by atoms with Gasteiger partial charge in [-0.3, -0.25) is 9.59 Å². The second-order valence-corrected chi connectivity index (χ2v) is 4.77. The van der Waals surface area contributed by atoms with Crippen LogP contribution in [0, 0.1) is 5.92 Å². The minimum Gasteiger partial charge on any atom is -0.469 e. The predicted octanol–water partition coefficient (Wildman–Crippen LogP) is 0.982. The van der Waals surface area contributed by atoms with Gasteiger partial charge in [0.1, 0.15) is 4.88 Å². The summed E-state index contributed by atoms with van der Waals surface area (Å²) >= 11 is 1.08. The van der Waals surface area contributed by atoms with Crippen LogP contribution in [-0.4, -0.2) is 47.1 Å². The lowest BCUT2D eigenvalue weighted by molar-refractivity contribution is -0.145. The Kier molecular flexibility index (Phi) is 5.21. The molecule has 0 aliphatic heterocycles. The summed E-state index contributed by atoms with van der Waals surface area (Å²) in [5.74, 6) is -0.833. The highest BCUT2D eigenvalue weighted by atomic mass is 32.1. The van der Waals surface area contributed by atoms with Crippen molar-refractivity contribution in [3.63, 3.8) is 0 Å². The molecule has 0 aliphatic carbocycles. The summed E-state index contributed by atoms with van der Waals surface area (Å²) in [5.41, 5.74) is 0.697. The van der Waals surface area contributed by atoms with Gasteiger partial charge in [-0.2, -0.15) is 0 Å². The number of hydrogen-bond donors (Lipinski definition) is 0. The van der Waals surface area contributed by atoms with Crippen molar-refractivity contribution in [1.82, 2.24) is 14.5 Å². The SMILES string of the molecule is CCc1nnsc1C(=O)N(C)CC(C)C(=O)OC. The summed E-state index contributed by atoms with van der Waals surface area (Å²) in [6, 6.07) is 0. The summed E-state index contributed by atoms with van der Waals surface area (Å²) in [6.07, 6.45) is 0.665. The quantitative estimate of drug-likeness (QED) is 0.746. The van der Waals surface area contributed by atoms with Crippen LogP contribution in [0.2, 0.25) is 0 Å². The molecule has 100 valence electrons. The van der Waals surface area contributed by atoms with Gasteiger partial charge in [-0.25, -0.2) is 0 Å². The first-order valence-corrected chi connectivity index (χ1v) is 6.43. The van der Waals surface area contributed by atoms with E-state index in [1.807, 2.05) is 6.92 Å². The highest BCUT2D eigenvalue weighted by Crippen LogP contribution is 2.14. The number of hydrogen-bond acceptors (Lipinski definition) is 6. The fourth-order valence-corrected chi connectivity index (χ4v) is 2.29. The van der Waals surface area contributed by atoms with E-state index in [0.29, 0.717) is 23.5 Å². The van der Waals surface area contributed by atoms with Gasteiger partial charge in [0.15, 0.2) is 0 Å². The Morgan fingerprint density at radius 3 is 2.72 bits per heavy atom. The van der Waals surface area contributed by atoms with Crippen LogP contribution in [0.5, 0.6) is 0 Å². The van der Waals surface area contributed by atoms with Crippen LogP contribution in [0.3, 0.4) is 0 Å². The number of nitrogens with zero attached hydrogens (tertiary/aromatic N) is 3. The molecule has 0 bridgehead atoms. The highest BCUT2D eigenvalue weighted by molar-refractivity contribution is 7.07. The van der Waals surface area contributed by atoms with Crippen LogP contribution in [0.4, 0.5) is 0 Å². The molecule has 1 heterocycles. The topological polar surface area (TPSA) is 72.4 Å². The Morgan fingerprint density at radius 2 is 2.17 bits per heavy atom. The Morgan fingerprint density at radius 1 is 1.50 bits per heavy atom. The number of carbonyl (C=O) groups excluding carboxylic acids is 2. The molecule has 18 heavy (non-hydrogen) atoms. The minimum atomic E-state index is -0.352. The lowest BCUT2D eigenvalue weighted by Crippen LogP contribution is -2.34. The molecule has 1 aromatic rings. The monoisotopic (exact) mass is 271 g/mol. The summed E-state index contributed by atoms with van der Waals surface area (Å²) < 4.78 is 8.41. The van der Waals surface area contributed by atoms with Crippen molar-refractivity contribution in [1.29, 1.82) is 0 Å². The molecule has 0 N–H and O–H groups in total. The first kappa shape index (κ1) is 14.6. The van der Waals surface area contributed by atoms with E-state index in [4.69, 9.17) is 0 Å². The predicted molar refractivity (Wildman–Crippen MR) is 67.4 cm³/mol. The van der Waals surface area contributed by atoms with Gasteiger partial charge < -0.3 is 9.64 Å². The first-order valence-electron chi connectivity index (χ1n) is 5.65. The molecule has 1 aromatic heterocycles. The van der Waals surface area contributed by atoms with E-state index < -0.39 is 0 Å². The summed E-state index contributed by atoms with van der Waals surface area (Å²) in [4.78, 5) is 25.5. The van der Waals surface area contributed by atoms with E-state index in [1.54, 1.807) is 14.0 Å². The van der Waals surface area contributed by atoms with Crippen LogP contribution < -0.4 is 0 Å². The second kappa shape index (κ2) is 6.44. The summed E-state index contributed by atoms with van der Waals surface area (Å²) in [6.45, 7) is 3.96. The molecule has 0 aromatic carbocycles. The highest BCUT2D eigenvalue weighted by Gasteiger charge is 2.23. The maximum absolute atomic E-state index is 12.1. The molecular weight excluding hydrogens is 254 g/mol. The third kappa shape index (κ3) is 3.25. The molecule has 1 unspecified atom stereocenters. The molecule has 1 amide bonds. The van der Waals surface area contributed by atoms with Crippen molar-refractivity contribution in [3.05, 3.63) is 10.6 Å². The van der Waals surface area contributed by atoms with Gasteiger partial charge in [-0.05, 0) is 18.0 Å². The Bertz CT molecular complexity index is 433. The van der Waals surface area contributed by atoms with Gasteiger partial charge in [0.2, 0.25) is 0 Å². The fraction of sp³-hybridized carbons (Fsp3) is 0.636. The van der Waals surface area contributed by atoms with E-state index >= 15 is 0 Å². The molecule has 7 heteroatoms. The average molecular weight is 271 g/mol. The minimum absolute atomic E-state index is 0.155. The number of ether oxygens (including phenoxy) is 1. The lowest BCUT2D eigenvalue weighted by Gasteiger charge is -2.19. The van der Waals surface area contributed by atoms with Crippen molar-refractivity contribution in [2.75, 3.05) is 20.7 Å². The van der Waals surface area contributed by atoms with Gasteiger partial charge in [-0.1, -0.05) is 18.3 Å². The van der Waals surface area contributed by atoms with Crippen molar-refractivity contribution >= 4 is 23.4 Å². The van der Waals surface area contributed by atoms with Crippen LogP contribution in [-0.2, 0) is 16.0 Å². The zero-order valence-corrected chi connectivity index (χ0v) is 11.8. The largest absolute Gasteiger partial charge is 0.469 e. The summed E-state index contributed by atoms with van der Waals surface area (Å²) in [5, 5.41) is 3.90. The number of aromatic nitrogens is 2. The van der Waals surface area contributed by atoms with Gasteiger partial charge in [0, 0.05) is 13.6 Å². The van der Waals surface area contributed by atoms with Crippen LogP contribution >= 0.6 is 11.5 Å². The zero-order chi connectivity index (χ0) is 13.7. The number of rotatable bonds is 5. The number of aryl methyl sites for hydroxylation is 1. The van der Waals surface area contributed by atoms with Crippen LogP contribution in [0.1, 0.15) is 29.2 Å². The van der Waals surface area contributed by atoms with Gasteiger partial charge in [0.05, 0.1) is 18.7 Å². The van der Waals surface area contributed by atoms with Gasteiger partial charge >= 0.3 is 5.97 Å². The number of esters is 1. The Balaban J connectivity index is 2.70. The van der Waals surface area contributed by atoms with E-state index in [9.17, 15) is 9.59 Å². The van der Waals surface area contributed by atoms with E-state index in [0.717, 1.165) is 11.5 Å². The average Bonchev–Trinajstić information content (AvgIpc) is 2.84. The molecule has 0 aliphatic rings. The fourth-order valence-electron chi connectivity index (χ4n) is 1.55. The molecular formula is C11H17N3O3S. The molecule has 0 saturated carbocycles. The molecule has 0 radical (unpaired) electrons. The molecule has 0 spiro atoms. The van der Waals surface area contributed by atoms with Crippen molar-refractivity contribution in [2.45, 2.75) is 20.3 Å². The van der Waals surface area contributed by atoms with E-state index in [1.165, 1.54) is 12.0 Å². The molecule has 0 saturated heterocycles. The number of carbonyl (C=O) groups is 2. The second-order valence-electron chi connectivity index (χ2n) is 4.01. The molecule has 1 rings (SSSR count). The van der Waals surface area contributed by atoms with Crippen LogP contribution in [0.25, 0.3) is 0 Å². The summed E-state index contributed by atoms with van der Waals surface area (Å²) in [7, 11) is 2.99. The van der Waals surface area contributed by atoms with Crippen molar-refractivity contribution < 1.29 is 14.3 Å². The van der Waals surface area contributed by atoms with Gasteiger partial charge in [0.25, 0.3) is 5.91 Å². The number of amides is 1. The van der Waals surface area contributed by atoms with Crippen LogP contribution in [0.15, 0.2) is 0 Å². The third-order valence-electron chi connectivity index (χ3n) is 2.58. The molecule has 1 atom stereocenters. The van der Waals surface area contributed by atoms with Crippen molar-refractivity contribution in [2.24, 2.45) is 5.92 Å². The number of methoxy groups -OCH3 is 1. The maximum atomic E-state index is 12.1. The molecule has 6 nitrogen and oxygen atoms in total. The Hall–Kier alpha value is -1.50. The lowest BCUT2D eigenvalue weighted by atomic mass is 10.1. The van der Waals surface area contributed by atoms with Gasteiger partial charge in [-0.15, -0.1) is 5.10 Å². The normalized spacial score (nSPS) is 12.0. The van der Waals surface area contributed by atoms with E-state index in [-0.39, 0.29) is 17.8 Å². The maximum Gasteiger partial charge on any atom is 0.310 e. The third-order valence-corrected chi connectivity index (χ3v) is 3.34.